The van der Waals surface area contributed by atoms with Crippen molar-refractivity contribution in [3.8, 4) is 0 Å². The molecule has 3 atom stereocenters. The summed E-state index contributed by atoms with van der Waals surface area (Å²) in [6, 6.07) is -1.79. The number of Topliss-reactive ketones (excluding diaryl/α,β-unsaturated/α-hetero) is 1. The first-order valence-electron chi connectivity index (χ1n) is 4.91. The van der Waals surface area contributed by atoms with Crippen LogP contribution in [-0.4, -0.2) is 37.9 Å². The molecule has 0 aliphatic heterocycles. The number of rotatable bonds is 2. The molecule has 0 fully saturated rings. The number of carbonyl (C=O) groups excluding carboxylic acids is 1. The van der Waals surface area contributed by atoms with E-state index in [2.05, 4.69) is 0 Å². The zero-order chi connectivity index (χ0) is 14.5. The fraction of sp³-hybridized carbons (Fsp3) is 0.667. The highest BCUT2D eigenvalue weighted by Crippen LogP contribution is 2.41. The molecular weight excluding hydrogens is 268 g/mol. The normalized spacial score (nSPS) is 36.7. The van der Waals surface area contributed by atoms with Crippen LogP contribution in [-0.2, 0) is 4.79 Å². The first kappa shape index (κ1) is 14.5. The number of nitrogens with zero attached hydrogens (tertiary/aromatic N) is 2. The molecule has 1 N–H and O–H groups in total. The Morgan fingerprint density at radius 3 is 2.11 bits per heavy atom. The van der Waals surface area contributed by atoms with E-state index in [0.717, 1.165) is 13.8 Å². The minimum absolute atomic E-state index is 0.189. The number of hydrogen-bond donors (Lipinski definition) is 1. The summed E-state index contributed by atoms with van der Waals surface area (Å²) in [5, 5.41) is 31.3. The molecule has 0 saturated heterocycles. The molecule has 0 bridgehead atoms. The summed E-state index contributed by atoms with van der Waals surface area (Å²) < 4.78 is 0. The Hall–Kier alpha value is -1.54. The molecule has 0 radical (unpaired) electrons. The second-order valence-electron chi connectivity index (χ2n) is 4.49. The van der Waals surface area contributed by atoms with Crippen LogP contribution in [0, 0.1) is 20.2 Å². The zero-order valence-electron chi connectivity index (χ0n) is 9.84. The summed E-state index contributed by atoms with van der Waals surface area (Å²) in [7, 11) is 0. The van der Waals surface area contributed by atoms with E-state index < -0.39 is 37.8 Å². The minimum Gasteiger partial charge on any atom is -0.375 e. The van der Waals surface area contributed by atoms with Crippen LogP contribution in [0.5, 0.6) is 0 Å². The van der Waals surface area contributed by atoms with E-state index in [-0.39, 0.29) is 5.57 Å². The van der Waals surface area contributed by atoms with E-state index in [0.29, 0.717) is 0 Å². The Morgan fingerprint density at radius 2 is 1.78 bits per heavy atom. The maximum atomic E-state index is 12.0. The third-order valence-corrected chi connectivity index (χ3v) is 3.86. The van der Waals surface area contributed by atoms with Gasteiger partial charge in [0, 0.05) is 22.3 Å². The molecule has 0 aromatic carbocycles. The highest BCUT2D eigenvalue weighted by atomic mass is 35.5. The SMILES string of the molecule is CC1=C(Cl)[C@@](C)([N+](=O)[O-])C(=O)[C@@](C)(O)[C@H]1[N+](=O)[O-]. The van der Waals surface area contributed by atoms with Crippen LogP contribution in [0.3, 0.4) is 0 Å². The van der Waals surface area contributed by atoms with Gasteiger partial charge in [0.1, 0.15) is 5.03 Å². The molecule has 100 valence electrons. The van der Waals surface area contributed by atoms with Crippen LogP contribution in [0.15, 0.2) is 10.6 Å². The highest BCUT2D eigenvalue weighted by Gasteiger charge is 2.67. The van der Waals surface area contributed by atoms with E-state index in [1.165, 1.54) is 6.92 Å². The molecule has 0 amide bonds. The monoisotopic (exact) mass is 278 g/mol. The number of nitro groups is 2. The number of aliphatic hydroxyl groups is 1. The first-order valence-corrected chi connectivity index (χ1v) is 5.28. The van der Waals surface area contributed by atoms with Crippen molar-refractivity contribution in [3.05, 3.63) is 30.8 Å². The topological polar surface area (TPSA) is 124 Å². The molecule has 1 aliphatic rings. The van der Waals surface area contributed by atoms with Crippen molar-refractivity contribution in [2.24, 2.45) is 0 Å². The predicted octanol–water partition coefficient (Wildman–Crippen LogP) is 0.514. The van der Waals surface area contributed by atoms with Gasteiger partial charge in [-0.3, -0.25) is 25.0 Å². The lowest BCUT2D eigenvalue weighted by Crippen LogP contribution is -2.65. The van der Waals surface area contributed by atoms with Crippen molar-refractivity contribution in [1.29, 1.82) is 0 Å². The summed E-state index contributed by atoms with van der Waals surface area (Å²) >= 11 is 5.73. The first-order chi connectivity index (χ1) is 7.98. The van der Waals surface area contributed by atoms with Crippen molar-refractivity contribution < 1.29 is 19.7 Å². The van der Waals surface area contributed by atoms with Crippen molar-refractivity contribution in [2.75, 3.05) is 0 Å². The third kappa shape index (κ3) is 1.60. The van der Waals surface area contributed by atoms with Gasteiger partial charge in [-0.25, -0.2) is 0 Å². The fourth-order valence-corrected chi connectivity index (χ4v) is 2.43. The fourth-order valence-electron chi connectivity index (χ4n) is 2.17. The van der Waals surface area contributed by atoms with Crippen LogP contribution in [0.2, 0.25) is 0 Å². The highest BCUT2D eigenvalue weighted by molar-refractivity contribution is 6.34. The van der Waals surface area contributed by atoms with Gasteiger partial charge in [-0.1, -0.05) is 11.6 Å². The molecule has 1 aliphatic carbocycles. The van der Waals surface area contributed by atoms with E-state index >= 15 is 0 Å². The number of hydrogen-bond acceptors (Lipinski definition) is 6. The van der Waals surface area contributed by atoms with Gasteiger partial charge in [-0.2, -0.15) is 0 Å². The van der Waals surface area contributed by atoms with Gasteiger partial charge in [0.25, 0.3) is 11.8 Å². The Morgan fingerprint density at radius 1 is 1.33 bits per heavy atom. The van der Waals surface area contributed by atoms with Crippen molar-refractivity contribution in [3.63, 3.8) is 0 Å². The minimum atomic E-state index is -2.48. The predicted molar refractivity (Wildman–Crippen MR) is 60.4 cm³/mol. The van der Waals surface area contributed by atoms with Crippen molar-refractivity contribution >= 4 is 17.4 Å². The Labute approximate surface area is 107 Å². The van der Waals surface area contributed by atoms with Gasteiger partial charge < -0.3 is 5.11 Å². The number of carbonyl (C=O) groups is 1. The average molecular weight is 279 g/mol. The van der Waals surface area contributed by atoms with Crippen LogP contribution in [0.1, 0.15) is 20.8 Å². The third-order valence-electron chi connectivity index (χ3n) is 3.19. The van der Waals surface area contributed by atoms with E-state index in [1.807, 2.05) is 0 Å². The van der Waals surface area contributed by atoms with Crippen LogP contribution in [0.25, 0.3) is 0 Å². The van der Waals surface area contributed by atoms with Gasteiger partial charge >= 0.3 is 5.54 Å². The largest absolute Gasteiger partial charge is 0.375 e. The van der Waals surface area contributed by atoms with Gasteiger partial charge in [0.05, 0.1) is 0 Å². The second kappa shape index (κ2) is 3.99. The van der Waals surface area contributed by atoms with Crippen LogP contribution < -0.4 is 0 Å². The van der Waals surface area contributed by atoms with E-state index in [1.54, 1.807) is 0 Å². The molecular formula is C9H11ClN2O6. The maximum absolute atomic E-state index is 12.0. The summed E-state index contributed by atoms with van der Waals surface area (Å²) in [5.74, 6) is -1.29. The molecule has 9 heteroatoms. The quantitative estimate of drug-likeness (QED) is 0.580. The van der Waals surface area contributed by atoms with Crippen molar-refractivity contribution in [1.82, 2.24) is 0 Å². The average Bonchev–Trinajstić information content (AvgIpc) is 2.22. The smallest absolute Gasteiger partial charge is 0.315 e. The molecule has 0 unspecified atom stereocenters. The van der Waals surface area contributed by atoms with Crippen molar-refractivity contribution in [2.45, 2.75) is 38.0 Å². The summed E-state index contributed by atoms with van der Waals surface area (Å²) in [4.78, 5) is 32.0. The van der Waals surface area contributed by atoms with E-state index in [9.17, 15) is 30.1 Å². The van der Waals surface area contributed by atoms with E-state index in [4.69, 9.17) is 11.6 Å². The summed E-state index contributed by atoms with van der Waals surface area (Å²) in [5.41, 5.74) is -5.03. The Kier molecular flexibility index (Phi) is 3.22. The molecule has 1 rings (SSSR count). The molecule has 0 saturated carbocycles. The van der Waals surface area contributed by atoms with Gasteiger partial charge in [0.15, 0.2) is 5.60 Å². The maximum Gasteiger partial charge on any atom is 0.315 e. The van der Waals surface area contributed by atoms with Crippen LogP contribution in [0.4, 0.5) is 0 Å². The lowest BCUT2D eigenvalue weighted by molar-refractivity contribution is -0.552. The van der Waals surface area contributed by atoms with Crippen LogP contribution >= 0.6 is 11.6 Å². The summed E-state index contributed by atoms with van der Waals surface area (Å²) in [6.45, 7) is 3.00. The summed E-state index contributed by atoms with van der Waals surface area (Å²) in [6.07, 6.45) is 0. The number of ketones is 1. The molecule has 0 aromatic rings. The lowest BCUT2D eigenvalue weighted by Gasteiger charge is -2.35. The molecule has 0 spiro atoms. The zero-order valence-corrected chi connectivity index (χ0v) is 10.6. The molecule has 0 heterocycles. The molecule has 0 aromatic heterocycles. The molecule has 18 heavy (non-hydrogen) atoms. The second-order valence-corrected chi connectivity index (χ2v) is 4.87. The molecule has 8 nitrogen and oxygen atoms in total. The Bertz CT molecular complexity index is 485. The standard InChI is InChI=1S/C9H11ClN2O6/c1-4-5(10)8(2,12(17)18)7(13)9(3,14)6(4)11(15)16/h6,14H,1-3H3/t6-,8+,9-/m0/s1. The van der Waals surface area contributed by atoms with Gasteiger partial charge in [-0.15, -0.1) is 0 Å². The lowest BCUT2D eigenvalue weighted by atomic mass is 9.72. The van der Waals surface area contributed by atoms with Gasteiger partial charge in [0.2, 0.25) is 0 Å². The van der Waals surface area contributed by atoms with Gasteiger partial charge in [-0.05, 0) is 13.8 Å². The number of halogens is 1. The Balaban J connectivity index is 3.65.